The van der Waals surface area contributed by atoms with E-state index in [0.29, 0.717) is 10.2 Å². The molecular weight excluding hydrogens is 272 g/mol. The van der Waals surface area contributed by atoms with Crippen LogP contribution < -0.4 is 5.32 Å². The average Bonchev–Trinajstić information content (AvgIpc) is 2.25. The maximum Gasteiger partial charge on any atom is 0.271 e. The van der Waals surface area contributed by atoms with Crippen molar-refractivity contribution < 1.29 is 9.90 Å². The van der Waals surface area contributed by atoms with Crippen molar-refractivity contribution in [1.82, 2.24) is 10.3 Å². The molecule has 0 aliphatic heterocycles. The Labute approximate surface area is 103 Å². The molecule has 0 saturated heterocycles. The quantitative estimate of drug-likeness (QED) is 0.884. The second-order valence-corrected chi connectivity index (χ2v) is 4.69. The number of rotatable bonds is 4. The standard InChI is InChI=1S/C11H15BrN2O2/c1-7(2)9(6-15)14-11(16)10-8(12)4-3-5-13-10/h3-5,7,9,15H,6H2,1-2H3,(H,14,16)/t9-/m1/s1. The number of aromatic nitrogens is 1. The zero-order valence-corrected chi connectivity index (χ0v) is 10.9. The summed E-state index contributed by atoms with van der Waals surface area (Å²) >= 11 is 3.26. The first kappa shape index (κ1) is 13.1. The number of hydrogen-bond acceptors (Lipinski definition) is 3. The van der Waals surface area contributed by atoms with E-state index in [1.54, 1.807) is 18.3 Å². The normalized spacial score (nSPS) is 12.6. The lowest BCUT2D eigenvalue weighted by molar-refractivity contribution is 0.0891. The van der Waals surface area contributed by atoms with E-state index in [-0.39, 0.29) is 24.5 Å². The highest BCUT2D eigenvalue weighted by Crippen LogP contribution is 2.13. The Balaban J connectivity index is 2.76. The lowest BCUT2D eigenvalue weighted by Gasteiger charge is -2.19. The largest absolute Gasteiger partial charge is 0.394 e. The Morgan fingerprint density at radius 3 is 2.81 bits per heavy atom. The number of pyridine rings is 1. The number of nitrogens with one attached hydrogen (secondary N) is 1. The summed E-state index contributed by atoms with van der Waals surface area (Å²) < 4.78 is 0.646. The molecule has 5 heteroatoms. The summed E-state index contributed by atoms with van der Waals surface area (Å²) in [7, 11) is 0. The lowest BCUT2D eigenvalue weighted by Crippen LogP contribution is -2.41. The van der Waals surface area contributed by atoms with E-state index < -0.39 is 0 Å². The number of nitrogens with zero attached hydrogens (tertiary/aromatic N) is 1. The van der Waals surface area contributed by atoms with E-state index in [9.17, 15) is 4.79 Å². The third-order valence-electron chi connectivity index (χ3n) is 2.29. The number of carbonyl (C=O) groups is 1. The van der Waals surface area contributed by atoms with Gasteiger partial charge in [0.1, 0.15) is 5.69 Å². The summed E-state index contributed by atoms with van der Waals surface area (Å²) in [4.78, 5) is 15.8. The molecule has 0 aliphatic rings. The van der Waals surface area contributed by atoms with Gasteiger partial charge in [0.15, 0.2) is 0 Å². The number of amides is 1. The molecule has 2 N–H and O–H groups in total. The van der Waals surface area contributed by atoms with Gasteiger partial charge in [-0.05, 0) is 34.0 Å². The Hall–Kier alpha value is -0.940. The molecule has 4 nitrogen and oxygen atoms in total. The van der Waals surface area contributed by atoms with Gasteiger partial charge in [0, 0.05) is 10.7 Å². The molecule has 1 aromatic heterocycles. The molecule has 1 heterocycles. The third kappa shape index (κ3) is 3.28. The second-order valence-electron chi connectivity index (χ2n) is 3.84. The number of hydrogen-bond donors (Lipinski definition) is 2. The van der Waals surface area contributed by atoms with E-state index in [1.807, 2.05) is 13.8 Å². The van der Waals surface area contributed by atoms with Gasteiger partial charge in [-0.25, -0.2) is 4.98 Å². The molecule has 0 bridgehead atoms. The Morgan fingerprint density at radius 2 is 2.31 bits per heavy atom. The first-order chi connectivity index (χ1) is 7.56. The summed E-state index contributed by atoms with van der Waals surface area (Å²) in [5.74, 6) is -0.100. The van der Waals surface area contributed by atoms with Gasteiger partial charge in [-0.3, -0.25) is 4.79 Å². The summed E-state index contributed by atoms with van der Waals surface area (Å²) in [6, 6.07) is 3.25. The summed E-state index contributed by atoms with van der Waals surface area (Å²) in [5.41, 5.74) is 0.335. The number of halogens is 1. The highest BCUT2D eigenvalue weighted by atomic mass is 79.9. The van der Waals surface area contributed by atoms with Crippen LogP contribution in [-0.4, -0.2) is 28.6 Å². The van der Waals surface area contributed by atoms with Gasteiger partial charge in [0.2, 0.25) is 0 Å². The first-order valence-corrected chi connectivity index (χ1v) is 5.87. The van der Waals surface area contributed by atoms with Crippen molar-refractivity contribution in [3.63, 3.8) is 0 Å². The van der Waals surface area contributed by atoms with E-state index in [1.165, 1.54) is 0 Å². The van der Waals surface area contributed by atoms with Gasteiger partial charge < -0.3 is 10.4 Å². The topological polar surface area (TPSA) is 62.2 Å². The van der Waals surface area contributed by atoms with E-state index in [2.05, 4.69) is 26.2 Å². The van der Waals surface area contributed by atoms with Crippen molar-refractivity contribution >= 4 is 21.8 Å². The molecule has 0 unspecified atom stereocenters. The zero-order chi connectivity index (χ0) is 12.1. The van der Waals surface area contributed by atoms with Gasteiger partial charge in [0.05, 0.1) is 12.6 Å². The van der Waals surface area contributed by atoms with Crippen LogP contribution in [0.3, 0.4) is 0 Å². The minimum absolute atomic E-state index is 0.0755. The van der Waals surface area contributed by atoms with Crippen LogP contribution in [0.5, 0.6) is 0 Å². The maximum atomic E-state index is 11.8. The summed E-state index contributed by atoms with van der Waals surface area (Å²) in [6.45, 7) is 3.80. The number of aliphatic hydroxyl groups is 1. The molecule has 0 spiro atoms. The van der Waals surface area contributed by atoms with Crippen LogP contribution in [0.4, 0.5) is 0 Å². The van der Waals surface area contributed by atoms with Crippen LogP contribution in [0.15, 0.2) is 22.8 Å². The van der Waals surface area contributed by atoms with Crippen LogP contribution in [0.25, 0.3) is 0 Å². The Kier molecular flexibility index (Phi) is 4.89. The van der Waals surface area contributed by atoms with E-state index >= 15 is 0 Å². The van der Waals surface area contributed by atoms with Crippen LogP contribution >= 0.6 is 15.9 Å². The predicted octanol–water partition coefficient (Wildman–Crippen LogP) is 1.59. The van der Waals surface area contributed by atoms with Crippen molar-refractivity contribution in [3.8, 4) is 0 Å². The van der Waals surface area contributed by atoms with Crippen LogP contribution in [-0.2, 0) is 0 Å². The third-order valence-corrected chi connectivity index (χ3v) is 2.93. The molecule has 16 heavy (non-hydrogen) atoms. The molecule has 0 aliphatic carbocycles. The van der Waals surface area contributed by atoms with Gasteiger partial charge in [-0.1, -0.05) is 13.8 Å². The van der Waals surface area contributed by atoms with E-state index in [0.717, 1.165) is 0 Å². The molecule has 0 fully saturated rings. The molecule has 0 saturated carbocycles. The van der Waals surface area contributed by atoms with Gasteiger partial charge in [-0.2, -0.15) is 0 Å². The molecule has 1 amide bonds. The average molecular weight is 287 g/mol. The fourth-order valence-electron chi connectivity index (χ4n) is 1.21. The molecule has 1 rings (SSSR count). The van der Waals surface area contributed by atoms with Crippen LogP contribution in [0.2, 0.25) is 0 Å². The van der Waals surface area contributed by atoms with E-state index in [4.69, 9.17) is 5.11 Å². The predicted molar refractivity (Wildman–Crippen MR) is 65.1 cm³/mol. The summed E-state index contributed by atoms with van der Waals surface area (Å²) in [6.07, 6.45) is 1.56. The van der Waals surface area contributed by atoms with Crippen molar-refractivity contribution in [2.24, 2.45) is 5.92 Å². The fraction of sp³-hybridized carbons (Fsp3) is 0.455. The molecule has 1 aromatic rings. The molecule has 0 aromatic carbocycles. The monoisotopic (exact) mass is 286 g/mol. The van der Waals surface area contributed by atoms with Crippen molar-refractivity contribution in [1.29, 1.82) is 0 Å². The highest BCUT2D eigenvalue weighted by molar-refractivity contribution is 9.10. The Morgan fingerprint density at radius 1 is 1.62 bits per heavy atom. The molecule has 1 atom stereocenters. The van der Waals surface area contributed by atoms with Crippen LogP contribution in [0.1, 0.15) is 24.3 Å². The van der Waals surface area contributed by atoms with Crippen LogP contribution in [0, 0.1) is 5.92 Å². The fourth-order valence-corrected chi connectivity index (χ4v) is 1.65. The minimum Gasteiger partial charge on any atom is -0.394 e. The number of aliphatic hydroxyl groups excluding tert-OH is 1. The van der Waals surface area contributed by atoms with Crippen molar-refractivity contribution in [2.75, 3.05) is 6.61 Å². The maximum absolute atomic E-state index is 11.8. The van der Waals surface area contributed by atoms with Gasteiger partial charge in [0.25, 0.3) is 5.91 Å². The molecule has 0 radical (unpaired) electrons. The summed E-state index contributed by atoms with van der Waals surface area (Å²) in [5, 5.41) is 11.9. The highest BCUT2D eigenvalue weighted by Gasteiger charge is 2.18. The zero-order valence-electron chi connectivity index (χ0n) is 9.27. The Bertz CT molecular complexity index is 369. The van der Waals surface area contributed by atoms with Crippen molar-refractivity contribution in [3.05, 3.63) is 28.5 Å². The van der Waals surface area contributed by atoms with Gasteiger partial charge >= 0.3 is 0 Å². The SMILES string of the molecule is CC(C)[C@@H](CO)NC(=O)c1ncccc1Br. The van der Waals surface area contributed by atoms with Crippen molar-refractivity contribution in [2.45, 2.75) is 19.9 Å². The minimum atomic E-state index is -0.278. The smallest absolute Gasteiger partial charge is 0.271 e. The first-order valence-electron chi connectivity index (χ1n) is 5.08. The second kappa shape index (κ2) is 5.96. The molecule has 88 valence electrons. The lowest BCUT2D eigenvalue weighted by atomic mass is 10.1. The molecular formula is C11H15BrN2O2. The number of carbonyl (C=O) groups excluding carboxylic acids is 1. The van der Waals surface area contributed by atoms with Gasteiger partial charge in [-0.15, -0.1) is 0 Å².